The molecule has 2 aromatic rings. The fraction of sp³-hybridized carbons (Fsp3) is 0.522. The zero-order valence-electron chi connectivity index (χ0n) is 16.8. The highest BCUT2D eigenvalue weighted by Crippen LogP contribution is 2.52. The van der Waals surface area contributed by atoms with Gasteiger partial charge in [-0.1, -0.05) is 19.9 Å². The summed E-state index contributed by atoms with van der Waals surface area (Å²) in [6, 6.07) is 5.85. The second-order valence-electron chi connectivity index (χ2n) is 8.65. The molecule has 0 saturated heterocycles. The Morgan fingerprint density at radius 2 is 2.11 bits per heavy atom. The van der Waals surface area contributed by atoms with Crippen molar-refractivity contribution in [1.82, 2.24) is 0 Å². The number of aromatic hydroxyl groups is 1. The maximum atomic E-state index is 12.8. The van der Waals surface area contributed by atoms with Crippen LogP contribution in [0, 0.1) is 11.3 Å². The van der Waals surface area contributed by atoms with E-state index in [1.807, 2.05) is 13.0 Å². The van der Waals surface area contributed by atoms with E-state index < -0.39 is 11.2 Å². The van der Waals surface area contributed by atoms with Gasteiger partial charge >= 0.3 is 5.63 Å². The summed E-state index contributed by atoms with van der Waals surface area (Å²) in [5.41, 5.74) is -0.957. The van der Waals surface area contributed by atoms with Crippen molar-refractivity contribution in [3.05, 3.63) is 62.0 Å². The maximum Gasteiger partial charge on any atom is 0.346 e. The van der Waals surface area contributed by atoms with Gasteiger partial charge in [0, 0.05) is 29.7 Å². The Morgan fingerprint density at radius 3 is 2.71 bits per heavy atom. The summed E-state index contributed by atoms with van der Waals surface area (Å²) in [6.07, 6.45) is 7.49. The van der Waals surface area contributed by atoms with E-state index in [1.165, 1.54) is 4.88 Å². The summed E-state index contributed by atoms with van der Waals surface area (Å²) >= 11 is 1.77. The van der Waals surface area contributed by atoms with Gasteiger partial charge in [0.1, 0.15) is 22.7 Å². The summed E-state index contributed by atoms with van der Waals surface area (Å²) in [6.45, 7) is 6.06. The van der Waals surface area contributed by atoms with Gasteiger partial charge in [0.15, 0.2) is 0 Å². The van der Waals surface area contributed by atoms with Crippen LogP contribution in [-0.2, 0) is 23.2 Å². The highest BCUT2D eigenvalue weighted by Gasteiger charge is 2.44. The largest absolute Gasteiger partial charge is 0.507 e. The molecule has 28 heavy (non-hydrogen) atoms. The van der Waals surface area contributed by atoms with Crippen molar-refractivity contribution in [2.75, 3.05) is 0 Å². The summed E-state index contributed by atoms with van der Waals surface area (Å²) in [4.78, 5) is 14.2. The number of ether oxygens (including phenoxy) is 1. The van der Waals surface area contributed by atoms with Crippen LogP contribution in [-0.4, -0.2) is 5.11 Å². The average molecular weight is 401 g/mol. The molecule has 0 aromatic carbocycles. The third-order valence-electron chi connectivity index (χ3n) is 6.28. The van der Waals surface area contributed by atoms with E-state index >= 15 is 0 Å². The molecule has 2 unspecified atom stereocenters. The first-order chi connectivity index (χ1) is 13.3. The van der Waals surface area contributed by atoms with Crippen molar-refractivity contribution < 1.29 is 14.3 Å². The quantitative estimate of drug-likeness (QED) is 0.663. The molecule has 0 radical (unpaired) electrons. The second kappa shape index (κ2) is 7.11. The van der Waals surface area contributed by atoms with Gasteiger partial charge in [0.25, 0.3) is 0 Å². The smallest absolute Gasteiger partial charge is 0.346 e. The molecule has 5 heteroatoms. The van der Waals surface area contributed by atoms with E-state index in [-0.39, 0.29) is 16.7 Å². The molecular weight excluding hydrogens is 372 g/mol. The molecule has 2 atom stereocenters. The van der Waals surface area contributed by atoms with Crippen LogP contribution in [0.2, 0.25) is 0 Å². The Balaban J connectivity index is 1.54. The van der Waals surface area contributed by atoms with Gasteiger partial charge < -0.3 is 14.3 Å². The first kappa shape index (κ1) is 19.3. The van der Waals surface area contributed by atoms with Gasteiger partial charge in [-0.2, -0.15) is 0 Å². The molecule has 1 aliphatic carbocycles. The van der Waals surface area contributed by atoms with Crippen molar-refractivity contribution in [2.45, 2.75) is 64.9 Å². The van der Waals surface area contributed by atoms with E-state index in [4.69, 9.17) is 9.15 Å². The Hall–Kier alpha value is -2.01. The monoisotopic (exact) mass is 400 g/mol. The van der Waals surface area contributed by atoms with Gasteiger partial charge in [0.05, 0.1) is 5.76 Å². The van der Waals surface area contributed by atoms with Crippen LogP contribution in [0.1, 0.15) is 62.7 Å². The van der Waals surface area contributed by atoms with Gasteiger partial charge in [-0.25, -0.2) is 4.79 Å². The number of rotatable bonds is 7. The summed E-state index contributed by atoms with van der Waals surface area (Å²) in [5, 5.41) is 12.8. The zero-order valence-corrected chi connectivity index (χ0v) is 17.6. The Bertz CT molecular complexity index is 936. The molecule has 2 aromatic heterocycles. The SMILES string of the molecule is CCC(C)C1=CCC(C)(c2c(O)cc(CC3(Cc4cccs4)CC3)oc2=O)O1. The van der Waals surface area contributed by atoms with Crippen LogP contribution >= 0.6 is 11.3 Å². The molecular formula is C23H28O4S. The number of hydrogen-bond donors (Lipinski definition) is 1. The lowest BCUT2D eigenvalue weighted by atomic mass is 9.92. The first-order valence-electron chi connectivity index (χ1n) is 10.1. The van der Waals surface area contributed by atoms with Gasteiger partial charge in [-0.3, -0.25) is 0 Å². The minimum absolute atomic E-state index is 0.0144. The number of hydrogen-bond acceptors (Lipinski definition) is 5. The predicted molar refractivity (Wildman–Crippen MR) is 111 cm³/mol. The lowest BCUT2D eigenvalue weighted by Gasteiger charge is -2.27. The van der Waals surface area contributed by atoms with E-state index in [0.717, 1.165) is 31.4 Å². The molecule has 0 amide bonds. The second-order valence-corrected chi connectivity index (χ2v) is 9.68. The minimum atomic E-state index is -0.865. The third-order valence-corrected chi connectivity index (χ3v) is 7.16. The molecule has 0 bridgehead atoms. The zero-order chi connectivity index (χ0) is 19.9. The molecule has 3 heterocycles. The van der Waals surface area contributed by atoms with E-state index in [2.05, 4.69) is 31.4 Å². The molecule has 1 saturated carbocycles. The van der Waals surface area contributed by atoms with Gasteiger partial charge in [-0.15, -0.1) is 11.3 Å². The van der Waals surface area contributed by atoms with Crippen molar-refractivity contribution in [3.63, 3.8) is 0 Å². The van der Waals surface area contributed by atoms with E-state index in [9.17, 15) is 9.90 Å². The lowest BCUT2D eigenvalue weighted by molar-refractivity contribution is 0.0211. The number of allylic oxidation sites excluding steroid dienone is 1. The summed E-state index contributed by atoms with van der Waals surface area (Å²) in [7, 11) is 0. The predicted octanol–water partition coefficient (Wildman–Crippen LogP) is 5.54. The fourth-order valence-corrected chi connectivity index (χ4v) is 5.02. The van der Waals surface area contributed by atoms with Crippen molar-refractivity contribution in [1.29, 1.82) is 0 Å². The van der Waals surface area contributed by atoms with Crippen LogP contribution < -0.4 is 5.63 Å². The molecule has 4 nitrogen and oxygen atoms in total. The minimum Gasteiger partial charge on any atom is -0.507 e. The topological polar surface area (TPSA) is 59.7 Å². The Labute approximate surface area is 169 Å². The van der Waals surface area contributed by atoms with Crippen LogP contribution in [0.15, 0.2) is 44.6 Å². The fourth-order valence-electron chi connectivity index (χ4n) is 4.14. The Morgan fingerprint density at radius 1 is 1.32 bits per heavy atom. The van der Waals surface area contributed by atoms with Gasteiger partial charge in [0.2, 0.25) is 0 Å². The van der Waals surface area contributed by atoms with E-state index in [0.29, 0.717) is 24.5 Å². The normalized spacial score (nSPS) is 23.9. The lowest BCUT2D eigenvalue weighted by Crippen LogP contribution is -2.29. The average Bonchev–Trinajstić information content (AvgIpc) is 3.03. The molecule has 4 rings (SSSR count). The highest BCUT2D eigenvalue weighted by atomic mass is 32.1. The van der Waals surface area contributed by atoms with Crippen molar-refractivity contribution in [3.8, 4) is 5.75 Å². The molecule has 1 N–H and O–H groups in total. The summed E-state index contributed by atoms with van der Waals surface area (Å²) in [5.74, 6) is 1.74. The molecule has 0 spiro atoms. The Kier molecular flexibility index (Phi) is 4.90. The van der Waals surface area contributed by atoms with E-state index in [1.54, 1.807) is 17.4 Å². The third kappa shape index (κ3) is 3.64. The van der Waals surface area contributed by atoms with Crippen LogP contribution in [0.5, 0.6) is 5.75 Å². The maximum absolute atomic E-state index is 12.8. The molecule has 2 aliphatic rings. The standard InChI is InChI=1S/C23H28O4S/c1-4-15(2)19-7-8-22(3,27-19)20-18(24)12-16(26-21(20)25)13-23(9-10-23)14-17-6-5-11-28-17/h5-7,11-12,15,24H,4,8-10,13-14H2,1-3H3. The summed E-state index contributed by atoms with van der Waals surface area (Å²) < 4.78 is 11.8. The molecule has 1 aliphatic heterocycles. The number of thiophene rings is 1. The van der Waals surface area contributed by atoms with Crippen LogP contribution in [0.3, 0.4) is 0 Å². The molecule has 1 fully saturated rings. The van der Waals surface area contributed by atoms with Crippen LogP contribution in [0.4, 0.5) is 0 Å². The first-order valence-corrected chi connectivity index (χ1v) is 11.0. The van der Waals surface area contributed by atoms with Crippen molar-refractivity contribution >= 4 is 11.3 Å². The van der Waals surface area contributed by atoms with Crippen LogP contribution in [0.25, 0.3) is 0 Å². The van der Waals surface area contributed by atoms with Crippen molar-refractivity contribution in [2.24, 2.45) is 11.3 Å². The van der Waals surface area contributed by atoms with Gasteiger partial charge in [-0.05, 0) is 55.5 Å². The highest BCUT2D eigenvalue weighted by molar-refractivity contribution is 7.09. The molecule has 150 valence electrons.